The van der Waals surface area contributed by atoms with Crippen molar-refractivity contribution < 1.29 is 14.3 Å². The molecule has 0 bridgehead atoms. The van der Waals surface area contributed by atoms with Gasteiger partial charge in [0.15, 0.2) is 6.10 Å². The van der Waals surface area contributed by atoms with Crippen LogP contribution < -0.4 is 15.4 Å². The molecule has 0 saturated carbocycles. The van der Waals surface area contributed by atoms with E-state index in [9.17, 15) is 9.59 Å². The quantitative estimate of drug-likeness (QED) is 0.711. The van der Waals surface area contributed by atoms with Gasteiger partial charge in [-0.2, -0.15) is 0 Å². The molecule has 1 aliphatic rings. The SMILES string of the molecule is CC(C)CN1Cc2cc(NC(=O)Nc3ccc(C(C)C)cc3)ccc2OC(C)C1=O. The first-order valence-corrected chi connectivity index (χ1v) is 10.5. The summed E-state index contributed by atoms with van der Waals surface area (Å²) in [6.07, 6.45) is -0.527. The summed E-state index contributed by atoms with van der Waals surface area (Å²) in [4.78, 5) is 26.9. The number of carbonyl (C=O) groups excluding carboxylic acids is 2. The standard InChI is InChI=1S/C24H31N3O3/c1-15(2)13-27-14-19-12-21(10-11-22(19)30-17(5)23(27)28)26-24(29)25-20-8-6-18(7-9-20)16(3)4/h6-12,15-17H,13-14H2,1-5H3,(H2,25,26,29). The van der Waals surface area contributed by atoms with E-state index in [1.807, 2.05) is 41.3 Å². The fourth-order valence-electron chi connectivity index (χ4n) is 3.52. The number of nitrogens with zero attached hydrogens (tertiary/aromatic N) is 1. The van der Waals surface area contributed by atoms with Crippen LogP contribution in [0.15, 0.2) is 42.5 Å². The lowest BCUT2D eigenvalue weighted by Gasteiger charge is -2.24. The third-order valence-electron chi connectivity index (χ3n) is 5.06. The van der Waals surface area contributed by atoms with Crippen molar-refractivity contribution in [1.29, 1.82) is 0 Å². The Bertz CT molecular complexity index is 906. The summed E-state index contributed by atoms with van der Waals surface area (Å²) in [6, 6.07) is 13.0. The van der Waals surface area contributed by atoms with Crippen LogP contribution in [-0.2, 0) is 11.3 Å². The number of anilines is 2. The zero-order valence-electron chi connectivity index (χ0n) is 18.4. The van der Waals surface area contributed by atoms with Crippen LogP contribution in [0.5, 0.6) is 5.75 Å². The molecule has 2 aromatic rings. The third kappa shape index (κ3) is 5.32. The number of carbonyl (C=O) groups is 2. The van der Waals surface area contributed by atoms with Gasteiger partial charge in [0.1, 0.15) is 5.75 Å². The molecule has 1 unspecified atom stereocenters. The summed E-state index contributed by atoms with van der Waals surface area (Å²) in [5, 5.41) is 5.72. The molecule has 2 N–H and O–H groups in total. The number of amides is 3. The molecular weight excluding hydrogens is 378 g/mol. The Morgan fingerprint density at radius 3 is 2.33 bits per heavy atom. The lowest BCUT2D eigenvalue weighted by Crippen LogP contribution is -2.39. The lowest BCUT2D eigenvalue weighted by molar-refractivity contribution is -0.138. The molecular formula is C24H31N3O3. The normalized spacial score (nSPS) is 16.2. The molecule has 0 fully saturated rings. The van der Waals surface area contributed by atoms with Crippen molar-refractivity contribution in [2.75, 3.05) is 17.2 Å². The van der Waals surface area contributed by atoms with Gasteiger partial charge in [0.2, 0.25) is 0 Å². The molecule has 3 amide bonds. The number of hydrogen-bond donors (Lipinski definition) is 2. The van der Waals surface area contributed by atoms with E-state index in [1.54, 1.807) is 13.0 Å². The molecule has 6 heteroatoms. The van der Waals surface area contributed by atoms with Crippen molar-refractivity contribution in [3.05, 3.63) is 53.6 Å². The first-order chi connectivity index (χ1) is 14.2. The van der Waals surface area contributed by atoms with Gasteiger partial charge in [0.25, 0.3) is 5.91 Å². The van der Waals surface area contributed by atoms with Crippen LogP contribution in [0.4, 0.5) is 16.2 Å². The molecule has 30 heavy (non-hydrogen) atoms. The number of nitrogens with one attached hydrogen (secondary N) is 2. The van der Waals surface area contributed by atoms with Gasteiger partial charge >= 0.3 is 6.03 Å². The van der Waals surface area contributed by atoms with Gasteiger partial charge in [-0.3, -0.25) is 4.79 Å². The second-order valence-corrected chi connectivity index (χ2v) is 8.55. The minimum atomic E-state index is -0.527. The summed E-state index contributed by atoms with van der Waals surface area (Å²) in [5.41, 5.74) is 3.49. The predicted molar refractivity (Wildman–Crippen MR) is 120 cm³/mol. The summed E-state index contributed by atoms with van der Waals surface area (Å²) in [6.45, 7) is 11.3. The van der Waals surface area contributed by atoms with Gasteiger partial charge in [0.05, 0.1) is 0 Å². The number of benzene rings is 2. The molecule has 160 valence electrons. The van der Waals surface area contributed by atoms with Crippen molar-refractivity contribution in [2.24, 2.45) is 5.92 Å². The van der Waals surface area contributed by atoms with Crippen molar-refractivity contribution in [3.63, 3.8) is 0 Å². The molecule has 1 atom stereocenters. The van der Waals surface area contributed by atoms with Gasteiger partial charge < -0.3 is 20.3 Å². The molecule has 6 nitrogen and oxygen atoms in total. The van der Waals surface area contributed by atoms with Crippen LogP contribution in [0.25, 0.3) is 0 Å². The average Bonchev–Trinajstić information content (AvgIpc) is 2.79. The van der Waals surface area contributed by atoms with Gasteiger partial charge in [0, 0.05) is 30.0 Å². The predicted octanol–water partition coefficient (Wildman–Crippen LogP) is 5.22. The Balaban J connectivity index is 1.71. The third-order valence-corrected chi connectivity index (χ3v) is 5.06. The van der Waals surface area contributed by atoms with E-state index in [0.29, 0.717) is 36.4 Å². The molecule has 1 aliphatic heterocycles. The van der Waals surface area contributed by atoms with Crippen molar-refractivity contribution in [3.8, 4) is 5.75 Å². The zero-order valence-corrected chi connectivity index (χ0v) is 18.4. The zero-order chi connectivity index (χ0) is 21.8. The van der Waals surface area contributed by atoms with Crippen molar-refractivity contribution in [2.45, 2.75) is 53.2 Å². The first kappa shape index (κ1) is 21.7. The maximum absolute atomic E-state index is 12.6. The van der Waals surface area contributed by atoms with Crippen LogP contribution in [0.2, 0.25) is 0 Å². The highest BCUT2D eigenvalue weighted by Crippen LogP contribution is 2.29. The fraction of sp³-hybridized carbons (Fsp3) is 0.417. The molecule has 0 saturated heterocycles. The van der Waals surface area contributed by atoms with Crippen LogP contribution >= 0.6 is 0 Å². The number of ether oxygens (including phenoxy) is 1. The molecule has 0 aliphatic carbocycles. The summed E-state index contributed by atoms with van der Waals surface area (Å²) < 4.78 is 5.85. The Morgan fingerprint density at radius 1 is 1.07 bits per heavy atom. The molecule has 0 aromatic heterocycles. The Kier molecular flexibility index (Phi) is 6.65. The van der Waals surface area contributed by atoms with Gasteiger partial charge in [-0.15, -0.1) is 0 Å². The van der Waals surface area contributed by atoms with Crippen molar-refractivity contribution in [1.82, 2.24) is 4.90 Å². The van der Waals surface area contributed by atoms with E-state index in [1.165, 1.54) is 5.56 Å². The minimum Gasteiger partial charge on any atom is -0.481 e. The topological polar surface area (TPSA) is 70.7 Å². The number of hydrogen-bond acceptors (Lipinski definition) is 3. The van der Waals surface area contributed by atoms with Gasteiger partial charge in [-0.25, -0.2) is 4.79 Å². The summed E-state index contributed by atoms with van der Waals surface area (Å²) in [5.74, 6) is 1.46. The van der Waals surface area contributed by atoms with E-state index in [4.69, 9.17) is 4.74 Å². The van der Waals surface area contributed by atoms with E-state index in [-0.39, 0.29) is 11.9 Å². The second kappa shape index (κ2) is 9.20. The Labute approximate surface area is 178 Å². The second-order valence-electron chi connectivity index (χ2n) is 8.55. The largest absolute Gasteiger partial charge is 0.481 e. The van der Waals surface area contributed by atoms with E-state index < -0.39 is 6.10 Å². The van der Waals surface area contributed by atoms with Gasteiger partial charge in [-0.05, 0) is 54.7 Å². The molecule has 1 heterocycles. The summed E-state index contributed by atoms with van der Waals surface area (Å²) >= 11 is 0. The highest BCUT2D eigenvalue weighted by Gasteiger charge is 2.28. The highest BCUT2D eigenvalue weighted by atomic mass is 16.5. The number of rotatable bonds is 5. The fourth-order valence-corrected chi connectivity index (χ4v) is 3.52. The van der Waals surface area contributed by atoms with Crippen molar-refractivity contribution >= 4 is 23.3 Å². The van der Waals surface area contributed by atoms with Crippen LogP contribution in [0.3, 0.4) is 0 Å². The maximum Gasteiger partial charge on any atom is 0.323 e. The Morgan fingerprint density at radius 2 is 1.70 bits per heavy atom. The highest BCUT2D eigenvalue weighted by molar-refractivity contribution is 5.99. The van der Waals surface area contributed by atoms with E-state index in [0.717, 1.165) is 11.3 Å². The smallest absolute Gasteiger partial charge is 0.323 e. The van der Waals surface area contributed by atoms with Gasteiger partial charge in [-0.1, -0.05) is 39.8 Å². The average molecular weight is 410 g/mol. The monoisotopic (exact) mass is 409 g/mol. The van der Waals surface area contributed by atoms with E-state index >= 15 is 0 Å². The maximum atomic E-state index is 12.6. The van der Waals surface area contributed by atoms with Crippen LogP contribution in [0, 0.1) is 5.92 Å². The number of urea groups is 1. The lowest BCUT2D eigenvalue weighted by atomic mass is 10.0. The molecule has 0 radical (unpaired) electrons. The molecule has 2 aromatic carbocycles. The number of fused-ring (bicyclic) bond motifs is 1. The molecule has 0 spiro atoms. The minimum absolute atomic E-state index is 0.0167. The van der Waals surface area contributed by atoms with Crippen LogP contribution in [-0.4, -0.2) is 29.5 Å². The molecule has 3 rings (SSSR count). The summed E-state index contributed by atoms with van der Waals surface area (Å²) in [7, 11) is 0. The Hall–Kier alpha value is -3.02. The van der Waals surface area contributed by atoms with E-state index in [2.05, 4.69) is 38.3 Å². The first-order valence-electron chi connectivity index (χ1n) is 10.5. The van der Waals surface area contributed by atoms with Crippen LogP contribution in [0.1, 0.15) is 51.7 Å².